The van der Waals surface area contributed by atoms with Crippen molar-refractivity contribution < 1.29 is 4.74 Å². The molecule has 0 fully saturated rings. The maximum absolute atomic E-state index is 5.97. The maximum atomic E-state index is 5.97. The van der Waals surface area contributed by atoms with E-state index in [1.165, 1.54) is 93.7 Å². The zero-order chi connectivity index (χ0) is 21.3. The van der Waals surface area contributed by atoms with Crippen LogP contribution in [0.3, 0.4) is 0 Å². The van der Waals surface area contributed by atoms with Gasteiger partial charge in [0.15, 0.2) is 0 Å². The molecular formula is C29H42O. The third-order valence-electron chi connectivity index (χ3n) is 5.66. The summed E-state index contributed by atoms with van der Waals surface area (Å²) in [7, 11) is 0. The predicted octanol–water partition coefficient (Wildman–Crippen LogP) is 9.15. The summed E-state index contributed by atoms with van der Waals surface area (Å²) in [6.07, 6.45) is 20.3. The highest BCUT2D eigenvalue weighted by Gasteiger charge is 1.99. The zero-order valence-corrected chi connectivity index (χ0v) is 19.4. The van der Waals surface area contributed by atoms with Crippen LogP contribution in [0.2, 0.25) is 0 Å². The van der Waals surface area contributed by atoms with E-state index in [2.05, 4.69) is 74.5 Å². The van der Waals surface area contributed by atoms with Gasteiger partial charge in [-0.25, -0.2) is 0 Å². The van der Waals surface area contributed by atoms with Gasteiger partial charge in [-0.05, 0) is 54.5 Å². The van der Waals surface area contributed by atoms with Gasteiger partial charge in [0.05, 0.1) is 0 Å². The van der Waals surface area contributed by atoms with E-state index in [0.29, 0.717) is 6.61 Å². The van der Waals surface area contributed by atoms with Crippen LogP contribution in [0.5, 0.6) is 5.75 Å². The van der Waals surface area contributed by atoms with Crippen LogP contribution in [0.15, 0.2) is 54.6 Å². The van der Waals surface area contributed by atoms with Crippen LogP contribution < -0.4 is 4.74 Å². The van der Waals surface area contributed by atoms with Crippen molar-refractivity contribution in [3.05, 3.63) is 71.3 Å². The molecule has 0 amide bonds. The molecule has 1 heteroatoms. The van der Waals surface area contributed by atoms with Crippen LogP contribution >= 0.6 is 0 Å². The van der Waals surface area contributed by atoms with E-state index < -0.39 is 0 Å². The predicted molar refractivity (Wildman–Crippen MR) is 132 cm³/mol. The average molecular weight is 407 g/mol. The molecule has 0 aliphatic rings. The van der Waals surface area contributed by atoms with E-state index in [0.717, 1.165) is 5.75 Å². The third kappa shape index (κ3) is 10.7. The molecule has 2 rings (SSSR count). The van der Waals surface area contributed by atoms with Crippen molar-refractivity contribution in [3.8, 4) is 5.75 Å². The van der Waals surface area contributed by atoms with Gasteiger partial charge in [0.25, 0.3) is 0 Å². The molecule has 0 heterocycles. The molecule has 0 aromatic heterocycles. The topological polar surface area (TPSA) is 9.23 Å². The molecule has 0 bridgehead atoms. The molecule has 0 radical (unpaired) electrons. The van der Waals surface area contributed by atoms with Crippen LogP contribution in [0.25, 0.3) is 6.08 Å². The summed E-state index contributed by atoms with van der Waals surface area (Å²) in [5.74, 6) is 0.937. The molecule has 0 spiro atoms. The van der Waals surface area contributed by atoms with E-state index in [4.69, 9.17) is 4.74 Å². The maximum Gasteiger partial charge on any atom is 0.119 e. The van der Waals surface area contributed by atoms with Gasteiger partial charge in [-0.1, -0.05) is 114 Å². The molecule has 164 valence electrons. The lowest BCUT2D eigenvalue weighted by molar-refractivity contribution is 0.306. The fourth-order valence-corrected chi connectivity index (χ4v) is 3.66. The van der Waals surface area contributed by atoms with Gasteiger partial charge in [-0.2, -0.15) is 0 Å². The lowest BCUT2D eigenvalue weighted by Crippen LogP contribution is -1.96. The number of unbranched alkanes of at least 4 members (excludes halogenated alkanes) is 9. The first-order chi connectivity index (χ1) is 14.8. The first-order valence-electron chi connectivity index (χ1n) is 12.3. The Morgan fingerprint density at radius 1 is 0.633 bits per heavy atom. The largest absolute Gasteiger partial charge is 0.489 e. The molecule has 0 atom stereocenters. The Bertz CT molecular complexity index is 681. The molecule has 0 saturated heterocycles. The van der Waals surface area contributed by atoms with Crippen molar-refractivity contribution in [1.82, 2.24) is 0 Å². The van der Waals surface area contributed by atoms with Crippen LogP contribution in [0.1, 0.15) is 101 Å². The van der Waals surface area contributed by atoms with E-state index in [-0.39, 0.29) is 0 Å². The Morgan fingerprint density at radius 3 is 1.90 bits per heavy atom. The van der Waals surface area contributed by atoms with Crippen LogP contribution in [-0.2, 0) is 13.0 Å². The number of ether oxygens (including phenoxy) is 1. The second-order valence-electron chi connectivity index (χ2n) is 8.44. The van der Waals surface area contributed by atoms with Gasteiger partial charge in [-0.3, -0.25) is 0 Å². The number of hydrogen-bond acceptors (Lipinski definition) is 1. The molecule has 1 nitrogen and oxygen atoms in total. The highest BCUT2D eigenvalue weighted by molar-refractivity contribution is 5.50. The van der Waals surface area contributed by atoms with Crippen LogP contribution in [0.4, 0.5) is 0 Å². The molecule has 2 aromatic carbocycles. The number of allylic oxidation sites excluding steroid dienone is 1. The van der Waals surface area contributed by atoms with E-state index in [1.54, 1.807) is 0 Å². The SMILES string of the molecule is CCCCCCCC=Cc1ccc(OCc2ccc(CCCCCCC)cc2)cc1. The minimum Gasteiger partial charge on any atom is -0.489 e. The summed E-state index contributed by atoms with van der Waals surface area (Å²) >= 11 is 0. The Balaban J connectivity index is 1.65. The van der Waals surface area contributed by atoms with Gasteiger partial charge in [0, 0.05) is 0 Å². The summed E-state index contributed by atoms with van der Waals surface area (Å²) in [6, 6.07) is 17.4. The molecule has 0 aliphatic heterocycles. The molecule has 30 heavy (non-hydrogen) atoms. The van der Waals surface area contributed by atoms with Gasteiger partial charge in [0.2, 0.25) is 0 Å². The minimum atomic E-state index is 0.629. The highest BCUT2D eigenvalue weighted by atomic mass is 16.5. The minimum absolute atomic E-state index is 0.629. The van der Waals surface area contributed by atoms with Crippen LogP contribution in [0, 0.1) is 0 Å². The van der Waals surface area contributed by atoms with Crippen molar-refractivity contribution >= 4 is 6.08 Å². The van der Waals surface area contributed by atoms with Crippen molar-refractivity contribution in [1.29, 1.82) is 0 Å². The second kappa shape index (κ2) is 15.8. The number of hydrogen-bond donors (Lipinski definition) is 0. The monoisotopic (exact) mass is 406 g/mol. The first-order valence-corrected chi connectivity index (χ1v) is 12.3. The Labute approximate surface area is 185 Å². The quantitative estimate of drug-likeness (QED) is 0.252. The molecule has 0 aliphatic carbocycles. The van der Waals surface area contributed by atoms with E-state index >= 15 is 0 Å². The molecule has 2 aromatic rings. The Kier molecular flexibility index (Phi) is 12.7. The van der Waals surface area contributed by atoms with Crippen molar-refractivity contribution in [2.45, 2.75) is 97.5 Å². The number of aryl methyl sites for hydroxylation is 1. The fraction of sp³-hybridized carbons (Fsp3) is 0.517. The van der Waals surface area contributed by atoms with Gasteiger partial charge in [-0.15, -0.1) is 0 Å². The number of rotatable bonds is 16. The standard InChI is InChI=1S/C29H42O/c1-3-5-7-9-10-12-14-16-27-21-23-29(24-22-27)30-25-28-19-17-26(18-20-28)15-13-11-8-6-4-2/h14,16-24H,3-13,15,25H2,1-2H3. The summed E-state index contributed by atoms with van der Waals surface area (Å²) in [6.45, 7) is 5.16. The van der Waals surface area contributed by atoms with Crippen molar-refractivity contribution in [2.24, 2.45) is 0 Å². The summed E-state index contributed by atoms with van der Waals surface area (Å²) in [5, 5.41) is 0. The fourth-order valence-electron chi connectivity index (χ4n) is 3.66. The highest BCUT2D eigenvalue weighted by Crippen LogP contribution is 2.17. The summed E-state index contributed by atoms with van der Waals surface area (Å²) in [5.41, 5.74) is 3.92. The Hall–Kier alpha value is -2.02. The van der Waals surface area contributed by atoms with Crippen LogP contribution in [-0.4, -0.2) is 0 Å². The van der Waals surface area contributed by atoms with Crippen molar-refractivity contribution in [2.75, 3.05) is 0 Å². The molecule has 0 N–H and O–H groups in total. The zero-order valence-electron chi connectivity index (χ0n) is 19.4. The normalized spacial score (nSPS) is 11.3. The van der Waals surface area contributed by atoms with Gasteiger partial charge < -0.3 is 4.74 Å². The second-order valence-corrected chi connectivity index (χ2v) is 8.44. The lowest BCUT2D eigenvalue weighted by Gasteiger charge is -2.08. The van der Waals surface area contributed by atoms with E-state index in [9.17, 15) is 0 Å². The molecule has 0 unspecified atom stereocenters. The molecular weight excluding hydrogens is 364 g/mol. The average Bonchev–Trinajstić information content (AvgIpc) is 2.78. The Morgan fingerprint density at radius 2 is 1.23 bits per heavy atom. The van der Waals surface area contributed by atoms with Gasteiger partial charge in [0.1, 0.15) is 12.4 Å². The van der Waals surface area contributed by atoms with Gasteiger partial charge >= 0.3 is 0 Å². The summed E-state index contributed by atoms with van der Waals surface area (Å²) < 4.78 is 5.97. The first kappa shape index (κ1) is 24.3. The smallest absolute Gasteiger partial charge is 0.119 e. The third-order valence-corrected chi connectivity index (χ3v) is 5.66. The van der Waals surface area contributed by atoms with Crippen molar-refractivity contribution in [3.63, 3.8) is 0 Å². The number of benzene rings is 2. The van der Waals surface area contributed by atoms with E-state index in [1.807, 2.05) is 0 Å². The lowest BCUT2D eigenvalue weighted by atomic mass is 10.0. The summed E-state index contributed by atoms with van der Waals surface area (Å²) in [4.78, 5) is 0. The molecule has 0 saturated carbocycles.